The van der Waals surface area contributed by atoms with E-state index < -0.39 is 12.0 Å². The molecule has 1 aliphatic rings. The van der Waals surface area contributed by atoms with Crippen LogP contribution in [0.4, 0.5) is 4.39 Å². The number of hydrogen-bond acceptors (Lipinski definition) is 7. The SMILES string of the molecule is CCOC(=O)C1=C(c2ccccc2)N=c2s/c(=C\c3cc(Cl)ccc3OCc3ccc(F)cc3)c(=O)n2[C@@H]1c1ccc(OCC)cc1. The number of nitrogens with zero attached hydrogens (tertiary/aromatic N) is 2. The first-order valence-corrected chi connectivity index (χ1v) is 16.2. The van der Waals surface area contributed by atoms with E-state index in [1.807, 2.05) is 61.5 Å². The molecule has 0 saturated heterocycles. The van der Waals surface area contributed by atoms with E-state index in [9.17, 15) is 14.0 Å². The van der Waals surface area contributed by atoms with Crippen LogP contribution in [0.2, 0.25) is 5.02 Å². The fourth-order valence-corrected chi connectivity index (χ4v) is 6.49. The van der Waals surface area contributed by atoms with E-state index in [0.717, 1.165) is 11.1 Å². The molecule has 0 spiro atoms. The van der Waals surface area contributed by atoms with Crippen LogP contribution in [0.15, 0.2) is 112 Å². The predicted octanol–water partition coefficient (Wildman–Crippen LogP) is 6.71. The fourth-order valence-electron chi connectivity index (χ4n) is 5.32. The van der Waals surface area contributed by atoms with Gasteiger partial charge in [0.25, 0.3) is 5.56 Å². The van der Waals surface area contributed by atoms with Crippen molar-refractivity contribution in [3.63, 3.8) is 0 Å². The number of fused-ring (bicyclic) bond motifs is 1. The first-order valence-electron chi connectivity index (χ1n) is 15.0. The lowest BCUT2D eigenvalue weighted by atomic mass is 9.93. The van der Waals surface area contributed by atoms with Crippen LogP contribution in [0, 0.1) is 5.82 Å². The molecule has 0 radical (unpaired) electrons. The van der Waals surface area contributed by atoms with Crippen LogP contribution in [0.3, 0.4) is 0 Å². The van der Waals surface area contributed by atoms with Crippen molar-refractivity contribution in [3.05, 3.63) is 155 Å². The second kappa shape index (κ2) is 14.2. The van der Waals surface area contributed by atoms with Gasteiger partial charge >= 0.3 is 5.97 Å². The molecule has 0 N–H and O–H groups in total. The Hall–Kier alpha value is -4.99. The zero-order valence-electron chi connectivity index (χ0n) is 25.6. The van der Waals surface area contributed by atoms with Crippen molar-refractivity contribution in [2.45, 2.75) is 26.5 Å². The zero-order chi connectivity index (χ0) is 32.9. The zero-order valence-corrected chi connectivity index (χ0v) is 27.2. The summed E-state index contributed by atoms with van der Waals surface area (Å²) in [5.74, 6) is 0.267. The fraction of sp³-hybridized carbons (Fsp3) is 0.162. The molecular formula is C37H30ClFN2O5S. The van der Waals surface area contributed by atoms with E-state index in [1.54, 1.807) is 43.3 Å². The average molecular weight is 669 g/mol. The van der Waals surface area contributed by atoms with Gasteiger partial charge < -0.3 is 14.2 Å². The summed E-state index contributed by atoms with van der Waals surface area (Å²) in [6.45, 7) is 4.48. The third-order valence-electron chi connectivity index (χ3n) is 7.45. The summed E-state index contributed by atoms with van der Waals surface area (Å²) in [5.41, 5.74) is 3.12. The van der Waals surface area contributed by atoms with Crippen LogP contribution in [-0.2, 0) is 16.1 Å². The smallest absolute Gasteiger partial charge is 0.338 e. The van der Waals surface area contributed by atoms with E-state index in [-0.39, 0.29) is 30.2 Å². The quantitative estimate of drug-likeness (QED) is 0.155. The van der Waals surface area contributed by atoms with Gasteiger partial charge in [-0.25, -0.2) is 14.2 Å². The lowest BCUT2D eigenvalue weighted by Crippen LogP contribution is -2.40. The monoisotopic (exact) mass is 668 g/mol. The summed E-state index contributed by atoms with van der Waals surface area (Å²) in [4.78, 5) is 33.3. The van der Waals surface area contributed by atoms with Crippen molar-refractivity contribution in [2.75, 3.05) is 13.2 Å². The van der Waals surface area contributed by atoms with Gasteiger partial charge in [-0.3, -0.25) is 9.36 Å². The van der Waals surface area contributed by atoms with Crippen molar-refractivity contribution in [1.82, 2.24) is 4.57 Å². The van der Waals surface area contributed by atoms with Crippen molar-refractivity contribution in [2.24, 2.45) is 4.99 Å². The largest absolute Gasteiger partial charge is 0.494 e. The molecule has 0 bridgehead atoms. The summed E-state index contributed by atoms with van der Waals surface area (Å²) in [7, 11) is 0. The standard InChI is InChI=1S/C37H30ClFN2O5S/c1-3-44-29-17-12-25(13-18-29)34-32(36(43)45-4-2)33(24-8-6-5-7-9-24)40-37-41(34)35(42)31(47-37)21-26-20-27(38)14-19-30(26)46-22-23-10-15-28(39)16-11-23/h5-21,34H,3-4,22H2,1-2H3/b31-21-/t34-/m1/s1. The van der Waals surface area contributed by atoms with Crippen molar-refractivity contribution in [1.29, 1.82) is 0 Å². The van der Waals surface area contributed by atoms with Gasteiger partial charge in [-0.05, 0) is 73.5 Å². The van der Waals surface area contributed by atoms with Crippen LogP contribution in [0.5, 0.6) is 11.5 Å². The lowest BCUT2D eigenvalue weighted by molar-refractivity contribution is -0.138. The molecule has 6 rings (SSSR count). The molecule has 7 nitrogen and oxygen atoms in total. The Bertz CT molecular complexity index is 2130. The highest BCUT2D eigenvalue weighted by Crippen LogP contribution is 2.36. The van der Waals surface area contributed by atoms with Gasteiger partial charge in [0, 0.05) is 16.1 Å². The van der Waals surface area contributed by atoms with Crippen molar-refractivity contribution < 1.29 is 23.4 Å². The van der Waals surface area contributed by atoms with Gasteiger partial charge in [0.05, 0.1) is 35.1 Å². The van der Waals surface area contributed by atoms with Gasteiger partial charge in [-0.2, -0.15) is 0 Å². The lowest BCUT2D eigenvalue weighted by Gasteiger charge is -2.26. The number of aromatic nitrogens is 1. The highest BCUT2D eigenvalue weighted by molar-refractivity contribution is 7.07. The number of hydrogen-bond donors (Lipinski definition) is 0. The number of halogens is 2. The van der Waals surface area contributed by atoms with Gasteiger partial charge in [0.1, 0.15) is 23.9 Å². The Kier molecular flexibility index (Phi) is 9.65. The minimum Gasteiger partial charge on any atom is -0.494 e. The number of esters is 1. The molecular weight excluding hydrogens is 639 g/mol. The number of carbonyl (C=O) groups excluding carboxylic acids is 1. The highest BCUT2D eigenvalue weighted by atomic mass is 35.5. The van der Waals surface area contributed by atoms with E-state index in [4.69, 9.17) is 30.8 Å². The number of thiazole rings is 1. The topological polar surface area (TPSA) is 79.1 Å². The molecule has 0 amide bonds. The van der Waals surface area contributed by atoms with Crippen LogP contribution >= 0.6 is 22.9 Å². The Balaban J connectivity index is 1.52. The molecule has 2 heterocycles. The molecule has 0 saturated carbocycles. The van der Waals surface area contributed by atoms with Crippen LogP contribution < -0.4 is 24.4 Å². The van der Waals surface area contributed by atoms with Gasteiger partial charge in [-0.1, -0.05) is 77.5 Å². The average Bonchev–Trinajstić information content (AvgIpc) is 3.39. The third-order valence-corrected chi connectivity index (χ3v) is 8.66. The Morgan fingerprint density at radius 3 is 2.40 bits per heavy atom. The van der Waals surface area contributed by atoms with Crippen LogP contribution in [-0.4, -0.2) is 23.8 Å². The second-order valence-electron chi connectivity index (χ2n) is 10.5. The molecule has 0 unspecified atom stereocenters. The number of carbonyl (C=O) groups is 1. The molecule has 0 aliphatic carbocycles. The highest BCUT2D eigenvalue weighted by Gasteiger charge is 2.35. The Labute approximate surface area is 279 Å². The Morgan fingerprint density at radius 2 is 1.70 bits per heavy atom. The van der Waals surface area contributed by atoms with Crippen LogP contribution in [0.1, 0.15) is 42.1 Å². The molecule has 0 fully saturated rings. The normalized spacial score (nSPS) is 14.4. The second-order valence-corrected chi connectivity index (χ2v) is 12.0. The molecule has 1 aliphatic heterocycles. The minimum atomic E-state index is -0.827. The van der Waals surface area contributed by atoms with Gasteiger partial charge in [-0.15, -0.1) is 0 Å². The first-order chi connectivity index (χ1) is 22.9. The maximum Gasteiger partial charge on any atom is 0.338 e. The molecule has 4 aromatic carbocycles. The maximum absolute atomic E-state index is 14.3. The molecule has 5 aromatic rings. The van der Waals surface area contributed by atoms with Crippen LogP contribution in [0.25, 0.3) is 11.8 Å². The number of rotatable bonds is 10. The minimum absolute atomic E-state index is 0.153. The number of ether oxygens (including phenoxy) is 3. The van der Waals surface area contributed by atoms with Crippen molar-refractivity contribution in [3.8, 4) is 11.5 Å². The first kappa shape index (κ1) is 32.0. The molecule has 238 valence electrons. The third kappa shape index (κ3) is 6.91. The van der Waals surface area contributed by atoms with E-state index >= 15 is 0 Å². The molecule has 1 aromatic heterocycles. The maximum atomic E-state index is 14.3. The van der Waals surface area contributed by atoms with E-state index in [1.165, 1.54) is 28.0 Å². The molecule has 1 atom stereocenters. The van der Waals surface area contributed by atoms with Gasteiger partial charge in [0.2, 0.25) is 0 Å². The summed E-state index contributed by atoms with van der Waals surface area (Å²) in [6, 6.07) is 27.0. The molecule has 10 heteroatoms. The van der Waals surface area contributed by atoms with E-state index in [2.05, 4.69) is 0 Å². The summed E-state index contributed by atoms with van der Waals surface area (Å²) >= 11 is 7.58. The van der Waals surface area contributed by atoms with E-state index in [0.29, 0.717) is 49.3 Å². The summed E-state index contributed by atoms with van der Waals surface area (Å²) in [5, 5.41) is 0.460. The molecule has 47 heavy (non-hydrogen) atoms. The summed E-state index contributed by atoms with van der Waals surface area (Å²) in [6.07, 6.45) is 1.71. The summed E-state index contributed by atoms with van der Waals surface area (Å²) < 4.78 is 32.6. The predicted molar refractivity (Wildman–Crippen MR) is 181 cm³/mol. The Morgan fingerprint density at radius 1 is 0.957 bits per heavy atom. The van der Waals surface area contributed by atoms with Gasteiger partial charge in [0.15, 0.2) is 4.80 Å². The number of benzene rings is 4. The van der Waals surface area contributed by atoms with Crippen molar-refractivity contribution >= 4 is 40.7 Å².